The zero-order valence-electron chi connectivity index (χ0n) is 19.3. The van der Waals surface area contributed by atoms with Crippen LogP contribution in [0.1, 0.15) is 29.7 Å². The molecule has 8 heteroatoms. The molecular weight excluding hydrogens is 467 g/mol. The van der Waals surface area contributed by atoms with E-state index < -0.39 is 12.0 Å². The number of hydrogen-bond acceptors (Lipinski definition) is 5. The normalized spacial score (nSPS) is 15.2. The predicted molar refractivity (Wildman–Crippen MR) is 135 cm³/mol. The molecular formula is C27H25FN2O4S. The maximum absolute atomic E-state index is 13.2. The molecule has 1 aliphatic rings. The van der Waals surface area contributed by atoms with Gasteiger partial charge in [0.15, 0.2) is 16.6 Å². The monoisotopic (exact) mass is 492 g/mol. The molecule has 3 aromatic rings. The number of carbonyl (C=O) groups excluding carboxylic acids is 1. The molecule has 0 spiro atoms. The largest absolute Gasteiger partial charge is 0.493 e. The van der Waals surface area contributed by atoms with Gasteiger partial charge in [-0.2, -0.15) is 0 Å². The summed E-state index contributed by atoms with van der Waals surface area (Å²) in [6.07, 6.45) is 0. The summed E-state index contributed by atoms with van der Waals surface area (Å²) in [7, 11) is 1.54. The van der Waals surface area contributed by atoms with Crippen molar-refractivity contribution in [2.45, 2.75) is 19.6 Å². The Morgan fingerprint density at radius 3 is 2.46 bits per heavy atom. The molecule has 0 aromatic heterocycles. The molecule has 1 atom stereocenters. The molecule has 4 rings (SSSR count). The van der Waals surface area contributed by atoms with Crippen LogP contribution in [0.4, 0.5) is 4.39 Å². The number of carbonyl (C=O) groups is 1. The molecule has 0 saturated heterocycles. The van der Waals surface area contributed by atoms with E-state index in [1.807, 2.05) is 36.4 Å². The van der Waals surface area contributed by atoms with Gasteiger partial charge in [0, 0.05) is 0 Å². The van der Waals surface area contributed by atoms with Crippen molar-refractivity contribution >= 4 is 29.0 Å². The van der Waals surface area contributed by atoms with Crippen LogP contribution >= 0.6 is 12.2 Å². The van der Waals surface area contributed by atoms with E-state index >= 15 is 0 Å². The second-order valence-electron chi connectivity index (χ2n) is 7.73. The Hall–Kier alpha value is -3.91. The molecule has 6 nitrogen and oxygen atoms in total. The average Bonchev–Trinajstić information content (AvgIpc) is 2.88. The zero-order valence-corrected chi connectivity index (χ0v) is 20.2. The van der Waals surface area contributed by atoms with E-state index in [-0.39, 0.29) is 19.0 Å². The van der Waals surface area contributed by atoms with Gasteiger partial charge in [0.1, 0.15) is 12.4 Å². The van der Waals surface area contributed by atoms with Crippen molar-refractivity contribution in [3.05, 3.63) is 101 Å². The van der Waals surface area contributed by atoms with Crippen LogP contribution in [0, 0.1) is 5.82 Å². The van der Waals surface area contributed by atoms with E-state index in [0.29, 0.717) is 27.9 Å². The van der Waals surface area contributed by atoms with Crippen molar-refractivity contribution in [2.75, 3.05) is 13.7 Å². The van der Waals surface area contributed by atoms with Crippen LogP contribution in [0.15, 0.2) is 78.4 Å². The summed E-state index contributed by atoms with van der Waals surface area (Å²) in [4.78, 5) is 13.1. The highest BCUT2D eigenvalue weighted by Crippen LogP contribution is 2.36. The molecule has 0 radical (unpaired) electrons. The third-order valence-corrected chi connectivity index (χ3v) is 5.68. The van der Waals surface area contributed by atoms with Gasteiger partial charge < -0.3 is 24.8 Å². The zero-order chi connectivity index (χ0) is 24.8. The number of methoxy groups -OCH3 is 1. The minimum atomic E-state index is -0.571. The minimum absolute atomic E-state index is 0.237. The summed E-state index contributed by atoms with van der Waals surface area (Å²) in [5.74, 6) is 0.250. The lowest BCUT2D eigenvalue weighted by molar-refractivity contribution is -0.138. The quantitative estimate of drug-likeness (QED) is 0.342. The van der Waals surface area contributed by atoms with E-state index in [1.165, 1.54) is 12.1 Å². The SMILES string of the molecule is CCOC(=O)C1=C(c2ccccc2)NC(=S)N[C@H]1c1ccc(OCc2ccc(F)cc2)c(OC)c1. The van der Waals surface area contributed by atoms with Crippen LogP contribution in [0.25, 0.3) is 5.70 Å². The second-order valence-corrected chi connectivity index (χ2v) is 8.14. The lowest BCUT2D eigenvalue weighted by Crippen LogP contribution is -2.45. The number of hydrogen-bond donors (Lipinski definition) is 2. The number of benzene rings is 3. The van der Waals surface area contributed by atoms with Gasteiger partial charge in [0.05, 0.1) is 31.0 Å². The Morgan fingerprint density at radius 2 is 1.77 bits per heavy atom. The fourth-order valence-electron chi connectivity index (χ4n) is 3.80. The topological polar surface area (TPSA) is 68.8 Å². The van der Waals surface area contributed by atoms with Gasteiger partial charge in [-0.3, -0.25) is 0 Å². The van der Waals surface area contributed by atoms with E-state index in [4.69, 9.17) is 26.4 Å². The maximum Gasteiger partial charge on any atom is 0.338 e. The van der Waals surface area contributed by atoms with Crippen LogP contribution in [-0.4, -0.2) is 24.8 Å². The van der Waals surface area contributed by atoms with Crippen molar-refractivity contribution in [2.24, 2.45) is 0 Å². The fourth-order valence-corrected chi connectivity index (χ4v) is 4.02. The molecule has 0 saturated carbocycles. The van der Waals surface area contributed by atoms with Crippen molar-refractivity contribution in [1.29, 1.82) is 0 Å². The first-order chi connectivity index (χ1) is 17.0. The summed E-state index contributed by atoms with van der Waals surface area (Å²) in [5.41, 5.74) is 3.39. The molecule has 35 heavy (non-hydrogen) atoms. The summed E-state index contributed by atoms with van der Waals surface area (Å²) in [6.45, 7) is 2.25. The number of thiocarbonyl (C=S) groups is 1. The summed E-state index contributed by atoms with van der Waals surface area (Å²) >= 11 is 5.46. The van der Waals surface area contributed by atoms with Gasteiger partial charge in [0.25, 0.3) is 0 Å². The first-order valence-corrected chi connectivity index (χ1v) is 11.5. The number of ether oxygens (including phenoxy) is 3. The number of nitrogens with one attached hydrogen (secondary N) is 2. The first-order valence-electron chi connectivity index (χ1n) is 11.1. The third kappa shape index (κ3) is 5.60. The Bertz CT molecular complexity index is 1250. The van der Waals surface area contributed by atoms with Gasteiger partial charge in [-0.25, -0.2) is 9.18 Å². The molecule has 1 aliphatic heterocycles. The van der Waals surface area contributed by atoms with Crippen molar-refractivity contribution in [3.63, 3.8) is 0 Å². The summed E-state index contributed by atoms with van der Waals surface area (Å²) in [6, 6.07) is 20.4. The van der Waals surface area contributed by atoms with Crippen LogP contribution in [0.5, 0.6) is 11.5 Å². The van der Waals surface area contributed by atoms with Crippen LogP contribution < -0.4 is 20.1 Å². The summed E-state index contributed by atoms with van der Waals surface area (Å²) < 4.78 is 30.1. The highest BCUT2D eigenvalue weighted by atomic mass is 32.1. The Kier molecular flexibility index (Phi) is 7.62. The van der Waals surface area contributed by atoms with Crippen LogP contribution in [0.3, 0.4) is 0 Å². The average molecular weight is 493 g/mol. The number of esters is 1. The van der Waals surface area contributed by atoms with Crippen molar-refractivity contribution in [3.8, 4) is 11.5 Å². The number of rotatable bonds is 8. The van der Waals surface area contributed by atoms with Gasteiger partial charge in [0.2, 0.25) is 0 Å². The van der Waals surface area contributed by atoms with E-state index in [2.05, 4.69) is 10.6 Å². The fraction of sp³-hybridized carbons (Fsp3) is 0.185. The predicted octanol–water partition coefficient (Wildman–Crippen LogP) is 4.91. The molecule has 0 bridgehead atoms. The van der Waals surface area contributed by atoms with Crippen LogP contribution in [-0.2, 0) is 16.1 Å². The second kappa shape index (κ2) is 11.0. The Morgan fingerprint density at radius 1 is 1.03 bits per heavy atom. The molecule has 0 aliphatic carbocycles. The molecule has 2 N–H and O–H groups in total. The lowest BCUT2D eigenvalue weighted by Gasteiger charge is -2.31. The number of halogens is 1. The lowest BCUT2D eigenvalue weighted by atomic mass is 9.92. The molecule has 0 fully saturated rings. The third-order valence-electron chi connectivity index (χ3n) is 5.46. The van der Waals surface area contributed by atoms with E-state index in [9.17, 15) is 9.18 Å². The van der Waals surface area contributed by atoms with Crippen molar-refractivity contribution < 1.29 is 23.4 Å². The Balaban J connectivity index is 1.70. The first kappa shape index (κ1) is 24.2. The highest BCUT2D eigenvalue weighted by molar-refractivity contribution is 7.80. The minimum Gasteiger partial charge on any atom is -0.493 e. The molecule has 0 unspecified atom stereocenters. The highest BCUT2D eigenvalue weighted by Gasteiger charge is 2.33. The molecule has 1 heterocycles. The van der Waals surface area contributed by atoms with Crippen LogP contribution in [0.2, 0.25) is 0 Å². The molecule has 3 aromatic carbocycles. The van der Waals surface area contributed by atoms with Crippen molar-refractivity contribution in [1.82, 2.24) is 10.6 Å². The standard InChI is InChI=1S/C27H25FN2O4S/c1-3-33-26(31)23-24(18-7-5-4-6-8-18)29-27(35)30-25(23)19-11-14-21(22(15-19)32-2)34-16-17-9-12-20(28)13-10-17/h4-15,25H,3,16H2,1-2H3,(H2,29,30,35)/t25-/m0/s1. The van der Waals surface area contributed by atoms with Gasteiger partial charge >= 0.3 is 5.97 Å². The van der Waals surface area contributed by atoms with Gasteiger partial charge in [-0.15, -0.1) is 0 Å². The summed E-state index contributed by atoms with van der Waals surface area (Å²) in [5, 5.41) is 6.69. The smallest absolute Gasteiger partial charge is 0.338 e. The Labute approximate surface area is 208 Å². The maximum atomic E-state index is 13.2. The molecule has 0 amide bonds. The van der Waals surface area contributed by atoms with Gasteiger partial charge in [-0.05, 0) is 60.1 Å². The van der Waals surface area contributed by atoms with E-state index in [1.54, 1.807) is 38.3 Å². The molecule has 180 valence electrons. The van der Waals surface area contributed by atoms with E-state index in [0.717, 1.165) is 16.7 Å². The van der Waals surface area contributed by atoms with Gasteiger partial charge in [-0.1, -0.05) is 48.5 Å².